The van der Waals surface area contributed by atoms with Gasteiger partial charge in [-0.05, 0) is 19.1 Å². The third-order valence-corrected chi connectivity index (χ3v) is 3.59. The number of aldehydes is 1. The quantitative estimate of drug-likeness (QED) is 0.710. The number of hydrogen-bond acceptors (Lipinski definition) is 3. The van der Waals surface area contributed by atoms with E-state index in [0.29, 0.717) is 11.8 Å². The largest absolute Gasteiger partial charge is 0.358 e. The van der Waals surface area contributed by atoms with Gasteiger partial charge in [0.15, 0.2) is 0 Å². The van der Waals surface area contributed by atoms with Gasteiger partial charge in [-0.1, -0.05) is 23.9 Å². The first kappa shape index (κ1) is 9.59. The number of hydrogen-bond donors (Lipinski definition) is 0. The zero-order valence-corrected chi connectivity index (χ0v) is 8.96. The fourth-order valence-corrected chi connectivity index (χ4v) is 2.91. The summed E-state index contributed by atoms with van der Waals surface area (Å²) in [5.41, 5.74) is 1.27. The lowest BCUT2D eigenvalue weighted by Crippen LogP contribution is -2.27. The SMILES string of the molecule is CC1Sc2ccccc2N1CCC=O. The molecule has 3 heteroatoms. The van der Waals surface area contributed by atoms with E-state index in [2.05, 4.69) is 30.0 Å². The molecule has 1 unspecified atom stereocenters. The number of benzene rings is 1. The summed E-state index contributed by atoms with van der Waals surface area (Å²) in [6, 6.07) is 8.36. The molecule has 1 aliphatic rings. The number of rotatable bonds is 3. The van der Waals surface area contributed by atoms with Crippen LogP contribution in [-0.4, -0.2) is 18.2 Å². The molecule has 1 aromatic rings. The van der Waals surface area contributed by atoms with Gasteiger partial charge in [0.25, 0.3) is 0 Å². The summed E-state index contributed by atoms with van der Waals surface area (Å²) in [6.45, 7) is 3.00. The van der Waals surface area contributed by atoms with Crippen molar-refractivity contribution in [2.24, 2.45) is 0 Å². The van der Waals surface area contributed by atoms with E-state index < -0.39 is 0 Å². The molecule has 0 spiro atoms. The predicted molar refractivity (Wildman–Crippen MR) is 59.8 cm³/mol. The van der Waals surface area contributed by atoms with Crippen molar-refractivity contribution in [1.29, 1.82) is 0 Å². The molecule has 2 nitrogen and oxygen atoms in total. The molecule has 74 valence electrons. The van der Waals surface area contributed by atoms with Crippen LogP contribution in [-0.2, 0) is 4.79 Å². The Hall–Kier alpha value is -0.960. The molecule has 1 aliphatic heterocycles. The number of nitrogens with zero attached hydrogens (tertiary/aromatic N) is 1. The molecule has 1 atom stereocenters. The highest BCUT2D eigenvalue weighted by Gasteiger charge is 2.25. The molecule has 0 saturated heterocycles. The van der Waals surface area contributed by atoms with Crippen LogP contribution in [0.15, 0.2) is 29.2 Å². The number of thioether (sulfide) groups is 1. The average Bonchev–Trinajstić information content (AvgIpc) is 2.51. The van der Waals surface area contributed by atoms with Crippen LogP contribution in [0.25, 0.3) is 0 Å². The van der Waals surface area contributed by atoms with Crippen LogP contribution in [0.1, 0.15) is 13.3 Å². The molecule has 2 rings (SSSR count). The highest BCUT2D eigenvalue weighted by Crippen LogP contribution is 2.42. The Bertz CT molecular complexity index is 340. The third-order valence-electron chi connectivity index (χ3n) is 2.40. The Morgan fingerprint density at radius 1 is 1.50 bits per heavy atom. The van der Waals surface area contributed by atoms with E-state index in [1.165, 1.54) is 10.6 Å². The highest BCUT2D eigenvalue weighted by atomic mass is 32.2. The molecule has 0 bridgehead atoms. The van der Waals surface area contributed by atoms with E-state index in [1.807, 2.05) is 17.8 Å². The molecule has 0 saturated carbocycles. The minimum atomic E-state index is 0.451. The van der Waals surface area contributed by atoms with Crippen LogP contribution in [0.5, 0.6) is 0 Å². The summed E-state index contributed by atoms with van der Waals surface area (Å²) in [6.07, 6.45) is 1.59. The molecule has 1 heterocycles. The zero-order valence-electron chi connectivity index (χ0n) is 8.14. The number of para-hydroxylation sites is 1. The molecule has 0 fully saturated rings. The van der Waals surface area contributed by atoms with Gasteiger partial charge in [-0.15, -0.1) is 0 Å². The van der Waals surface area contributed by atoms with Crippen LogP contribution in [0.2, 0.25) is 0 Å². The van der Waals surface area contributed by atoms with Gasteiger partial charge in [-0.3, -0.25) is 0 Å². The minimum absolute atomic E-state index is 0.451. The lowest BCUT2D eigenvalue weighted by atomic mass is 10.2. The zero-order chi connectivity index (χ0) is 9.97. The van der Waals surface area contributed by atoms with Crippen molar-refractivity contribution >= 4 is 23.7 Å². The van der Waals surface area contributed by atoms with Crippen LogP contribution < -0.4 is 4.90 Å². The van der Waals surface area contributed by atoms with Gasteiger partial charge in [0.1, 0.15) is 6.29 Å². The second-order valence-electron chi connectivity index (χ2n) is 3.33. The monoisotopic (exact) mass is 207 g/mol. The summed E-state index contributed by atoms with van der Waals surface area (Å²) in [7, 11) is 0. The van der Waals surface area contributed by atoms with E-state index in [1.54, 1.807) is 0 Å². The molecule has 0 aromatic heterocycles. The number of fused-ring (bicyclic) bond motifs is 1. The van der Waals surface area contributed by atoms with Gasteiger partial charge in [0.05, 0.1) is 11.1 Å². The minimum Gasteiger partial charge on any atom is -0.358 e. The second-order valence-corrected chi connectivity index (χ2v) is 4.69. The summed E-state index contributed by atoms with van der Waals surface area (Å²) < 4.78 is 0. The Morgan fingerprint density at radius 3 is 3.07 bits per heavy atom. The van der Waals surface area contributed by atoms with E-state index in [9.17, 15) is 4.79 Å². The van der Waals surface area contributed by atoms with Crippen LogP contribution in [0, 0.1) is 0 Å². The number of carbonyl (C=O) groups is 1. The van der Waals surface area contributed by atoms with E-state index in [-0.39, 0.29) is 0 Å². The van der Waals surface area contributed by atoms with Crippen molar-refractivity contribution < 1.29 is 4.79 Å². The first-order valence-electron chi connectivity index (χ1n) is 4.79. The van der Waals surface area contributed by atoms with Crippen LogP contribution >= 0.6 is 11.8 Å². The summed E-state index contributed by atoms with van der Waals surface area (Å²) in [4.78, 5) is 14.0. The van der Waals surface area contributed by atoms with Crippen molar-refractivity contribution in [2.45, 2.75) is 23.6 Å². The topological polar surface area (TPSA) is 20.3 Å². The van der Waals surface area contributed by atoms with Crippen LogP contribution in [0.4, 0.5) is 5.69 Å². The summed E-state index contributed by atoms with van der Waals surface area (Å²) in [5, 5.41) is 0.451. The molecule has 0 N–H and O–H groups in total. The molecule has 0 amide bonds. The first-order valence-corrected chi connectivity index (χ1v) is 5.67. The van der Waals surface area contributed by atoms with E-state index >= 15 is 0 Å². The van der Waals surface area contributed by atoms with Crippen molar-refractivity contribution in [3.63, 3.8) is 0 Å². The van der Waals surface area contributed by atoms with Crippen molar-refractivity contribution in [2.75, 3.05) is 11.4 Å². The highest BCUT2D eigenvalue weighted by molar-refractivity contribution is 8.00. The van der Waals surface area contributed by atoms with Gasteiger partial charge in [-0.2, -0.15) is 0 Å². The van der Waals surface area contributed by atoms with Gasteiger partial charge < -0.3 is 9.69 Å². The van der Waals surface area contributed by atoms with Crippen molar-refractivity contribution in [1.82, 2.24) is 0 Å². The average molecular weight is 207 g/mol. The normalized spacial score (nSPS) is 19.5. The number of carbonyl (C=O) groups excluding carboxylic acids is 1. The second kappa shape index (κ2) is 4.05. The van der Waals surface area contributed by atoms with Crippen molar-refractivity contribution in [3.05, 3.63) is 24.3 Å². The van der Waals surface area contributed by atoms with E-state index in [4.69, 9.17) is 0 Å². The fraction of sp³-hybridized carbons (Fsp3) is 0.364. The summed E-state index contributed by atoms with van der Waals surface area (Å²) in [5.74, 6) is 0. The Labute approximate surface area is 88.3 Å². The van der Waals surface area contributed by atoms with E-state index in [0.717, 1.165) is 12.8 Å². The molecular weight excluding hydrogens is 194 g/mol. The maximum atomic E-state index is 10.3. The fourth-order valence-electron chi connectivity index (χ4n) is 1.73. The number of anilines is 1. The molecule has 0 aliphatic carbocycles. The maximum absolute atomic E-state index is 10.3. The first-order chi connectivity index (χ1) is 6.83. The Morgan fingerprint density at radius 2 is 2.29 bits per heavy atom. The van der Waals surface area contributed by atoms with Crippen molar-refractivity contribution in [3.8, 4) is 0 Å². The molecular formula is C11H13NOS. The predicted octanol–water partition coefficient (Wildman–Crippen LogP) is 2.53. The lowest BCUT2D eigenvalue weighted by molar-refractivity contribution is -0.107. The lowest BCUT2D eigenvalue weighted by Gasteiger charge is -2.22. The maximum Gasteiger partial charge on any atom is 0.121 e. The van der Waals surface area contributed by atoms with Gasteiger partial charge in [0.2, 0.25) is 0 Å². The van der Waals surface area contributed by atoms with Crippen LogP contribution in [0.3, 0.4) is 0 Å². The van der Waals surface area contributed by atoms with Gasteiger partial charge >= 0.3 is 0 Å². The third kappa shape index (κ3) is 1.64. The Kier molecular flexibility index (Phi) is 2.77. The molecule has 1 aromatic carbocycles. The standard InChI is InChI=1S/C11H13NOS/c1-9-12(7-4-8-13)10-5-2-3-6-11(10)14-9/h2-3,5-6,8-9H,4,7H2,1H3. The Balaban J connectivity index is 2.21. The molecule has 14 heavy (non-hydrogen) atoms. The van der Waals surface area contributed by atoms with Gasteiger partial charge in [0, 0.05) is 17.9 Å². The summed E-state index contributed by atoms with van der Waals surface area (Å²) >= 11 is 1.86. The smallest absolute Gasteiger partial charge is 0.121 e. The van der Waals surface area contributed by atoms with Gasteiger partial charge in [-0.25, -0.2) is 0 Å². The molecule has 0 radical (unpaired) electrons.